The molecule has 1 aromatic carbocycles. The number of nitrogens with zero attached hydrogens (tertiary/aromatic N) is 4. The molecule has 146 valence electrons. The molecule has 2 aromatic heterocycles. The van der Waals surface area contributed by atoms with E-state index in [0.717, 1.165) is 4.57 Å². The van der Waals surface area contributed by atoms with E-state index in [2.05, 4.69) is 11.6 Å². The molecule has 0 fully saturated rings. The molecule has 0 bridgehead atoms. The molecule has 0 N–H and O–H groups in total. The number of halogens is 1. The normalized spacial score (nSPS) is 12.1. The number of benzene rings is 1. The van der Waals surface area contributed by atoms with Gasteiger partial charge in [-0.25, -0.2) is 19.1 Å². The van der Waals surface area contributed by atoms with E-state index < -0.39 is 23.3 Å². The van der Waals surface area contributed by atoms with Crippen LogP contribution in [-0.4, -0.2) is 31.3 Å². The maximum absolute atomic E-state index is 13.0. The van der Waals surface area contributed by atoms with Gasteiger partial charge >= 0.3 is 11.7 Å². The van der Waals surface area contributed by atoms with Gasteiger partial charge in [0.1, 0.15) is 6.04 Å². The molecule has 28 heavy (non-hydrogen) atoms. The van der Waals surface area contributed by atoms with Gasteiger partial charge in [-0.2, -0.15) is 0 Å². The SMILES string of the molecule is C=CCn1c(=O)c2c(ncn2C(C)C(=O)OCC)n(-c2ccccc2Cl)c1=O. The summed E-state index contributed by atoms with van der Waals surface area (Å²) in [6.07, 6.45) is 2.79. The smallest absolute Gasteiger partial charge is 0.337 e. The Morgan fingerprint density at radius 3 is 2.71 bits per heavy atom. The van der Waals surface area contributed by atoms with Gasteiger partial charge in [0.05, 0.1) is 23.6 Å². The maximum atomic E-state index is 13.0. The Morgan fingerprint density at radius 1 is 1.36 bits per heavy atom. The van der Waals surface area contributed by atoms with Crippen LogP contribution in [0.5, 0.6) is 0 Å². The summed E-state index contributed by atoms with van der Waals surface area (Å²) in [5, 5.41) is 0.322. The van der Waals surface area contributed by atoms with Crippen molar-refractivity contribution in [3.63, 3.8) is 0 Å². The first-order chi connectivity index (χ1) is 13.4. The topological polar surface area (TPSA) is 88.1 Å². The summed E-state index contributed by atoms with van der Waals surface area (Å²) in [4.78, 5) is 42.5. The second kappa shape index (κ2) is 7.85. The third-order valence-corrected chi connectivity index (χ3v) is 4.63. The third kappa shape index (κ3) is 3.16. The van der Waals surface area contributed by atoms with E-state index in [4.69, 9.17) is 16.3 Å². The number of hydrogen-bond acceptors (Lipinski definition) is 5. The van der Waals surface area contributed by atoms with Crippen molar-refractivity contribution in [2.24, 2.45) is 0 Å². The molecule has 2 heterocycles. The zero-order chi connectivity index (χ0) is 20.4. The number of carbonyl (C=O) groups excluding carboxylic acids is 1. The van der Waals surface area contributed by atoms with Crippen LogP contribution in [0.4, 0.5) is 0 Å². The van der Waals surface area contributed by atoms with E-state index in [1.54, 1.807) is 38.1 Å². The lowest BCUT2D eigenvalue weighted by Gasteiger charge is -2.15. The molecule has 0 saturated carbocycles. The Bertz CT molecular complexity index is 1170. The van der Waals surface area contributed by atoms with Crippen LogP contribution in [-0.2, 0) is 16.1 Å². The molecule has 0 aliphatic carbocycles. The van der Waals surface area contributed by atoms with Crippen molar-refractivity contribution in [2.45, 2.75) is 26.4 Å². The highest BCUT2D eigenvalue weighted by Crippen LogP contribution is 2.22. The van der Waals surface area contributed by atoms with Gasteiger partial charge < -0.3 is 9.30 Å². The van der Waals surface area contributed by atoms with Gasteiger partial charge in [0.25, 0.3) is 5.56 Å². The first-order valence-corrected chi connectivity index (χ1v) is 9.05. The van der Waals surface area contributed by atoms with Crippen LogP contribution in [0.25, 0.3) is 16.9 Å². The average molecular weight is 403 g/mol. The zero-order valence-electron chi connectivity index (χ0n) is 15.5. The molecular formula is C19H19ClN4O4. The highest BCUT2D eigenvalue weighted by Gasteiger charge is 2.25. The Morgan fingerprint density at radius 2 is 2.07 bits per heavy atom. The van der Waals surface area contributed by atoms with Crippen LogP contribution in [0, 0.1) is 0 Å². The van der Waals surface area contributed by atoms with Crippen molar-refractivity contribution in [3.05, 3.63) is 69.1 Å². The lowest BCUT2D eigenvalue weighted by molar-refractivity contribution is -0.146. The van der Waals surface area contributed by atoms with Gasteiger partial charge in [-0.15, -0.1) is 6.58 Å². The number of aromatic nitrogens is 4. The van der Waals surface area contributed by atoms with Crippen molar-refractivity contribution < 1.29 is 9.53 Å². The number of rotatable bonds is 6. The van der Waals surface area contributed by atoms with Crippen LogP contribution < -0.4 is 11.2 Å². The number of imidazole rings is 1. The summed E-state index contributed by atoms with van der Waals surface area (Å²) in [6.45, 7) is 7.11. The fourth-order valence-electron chi connectivity index (χ4n) is 2.96. The molecule has 0 saturated heterocycles. The molecule has 3 rings (SSSR count). The van der Waals surface area contributed by atoms with Crippen molar-refractivity contribution in [3.8, 4) is 5.69 Å². The minimum absolute atomic E-state index is 0.00295. The number of allylic oxidation sites excluding steroid dienone is 1. The first-order valence-electron chi connectivity index (χ1n) is 8.67. The summed E-state index contributed by atoms with van der Waals surface area (Å²) in [5.41, 5.74) is -0.580. The molecule has 8 nitrogen and oxygen atoms in total. The summed E-state index contributed by atoms with van der Waals surface area (Å²) >= 11 is 6.29. The molecule has 0 radical (unpaired) electrons. The van der Waals surface area contributed by atoms with Crippen LogP contribution in [0.1, 0.15) is 19.9 Å². The highest BCUT2D eigenvalue weighted by atomic mass is 35.5. The highest BCUT2D eigenvalue weighted by molar-refractivity contribution is 6.32. The summed E-state index contributed by atoms with van der Waals surface area (Å²) in [6, 6.07) is 5.94. The molecular weight excluding hydrogens is 384 g/mol. The second-order valence-corrected chi connectivity index (χ2v) is 6.43. The number of fused-ring (bicyclic) bond motifs is 1. The van der Waals surface area contributed by atoms with Crippen molar-refractivity contribution in [1.29, 1.82) is 0 Å². The number of carbonyl (C=O) groups is 1. The molecule has 0 aliphatic rings. The Labute approximate surface area is 165 Å². The molecule has 9 heteroatoms. The van der Waals surface area contributed by atoms with Crippen LogP contribution in [0.2, 0.25) is 5.02 Å². The Kier molecular flexibility index (Phi) is 5.51. The van der Waals surface area contributed by atoms with Gasteiger partial charge in [0.2, 0.25) is 0 Å². The second-order valence-electron chi connectivity index (χ2n) is 6.03. The molecule has 0 amide bonds. The van der Waals surface area contributed by atoms with E-state index in [-0.39, 0.29) is 24.3 Å². The third-order valence-electron chi connectivity index (χ3n) is 4.31. The van der Waals surface area contributed by atoms with Gasteiger partial charge in [0.15, 0.2) is 11.2 Å². The predicted octanol–water partition coefficient (Wildman–Crippen LogP) is 2.31. The standard InChI is InChI=1S/C19H19ClN4O4/c1-4-10-22-17(25)15-16(21-11-23(15)12(3)18(26)28-5-2)24(19(22)27)14-9-7-6-8-13(14)20/h4,6-9,11-12H,1,5,10H2,2-3H3. The van der Waals surface area contributed by atoms with E-state index in [0.29, 0.717) is 10.7 Å². The fourth-order valence-corrected chi connectivity index (χ4v) is 3.18. The predicted molar refractivity (Wildman–Crippen MR) is 106 cm³/mol. The monoisotopic (exact) mass is 402 g/mol. The maximum Gasteiger partial charge on any atom is 0.337 e. The van der Waals surface area contributed by atoms with Crippen molar-refractivity contribution in [1.82, 2.24) is 18.7 Å². The first kappa shape index (κ1) is 19.6. The molecule has 0 spiro atoms. The Balaban J connectivity index is 2.41. The number of ether oxygens (including phenoxy) is 1. The minimum atomic E-state index is -0.799. The van der Waals surface area contributed by atoms with Gasteiger partial charge in [0, 0.05) is 6.54 Å². The summed E-state index contributed by atoms with van der Waals surface area (Å²) in [5.74, 6) is -0.507. The van der Waals surface area contributed by atoms with Crippen molar-refractivity contribution in [2.75, 3.05) is 6.61 Å². The number of hydrogen-bond donors (Lipinski definition) is 0. The van der Waals surface area contributed by atoms with E-state index in [1.165, 1.54) is 21.5 Å². The lowest BCUT2D eigenvalue weighted by Crippen LogP contribution is -2.40. The number of esters is 1. The van der Waals surface area contributed by atoms with E-state index in [1.807, 2.05) is 0 Å². The average Bonchev–Trinajstić information content (AvgIpc) is 3.11. The van der Waals surface area contributed by atoms with Crippen LogP contribution >= 0.6 is 11.6 Å². The molecule has 3 aromatic rings. The van der Waals surface area contributed by atoms with Crippen molar-refractivity contribution >= 4 is 28.7 Å². The minimum Gasteiger partial charge on any atom is -0.464 e. The summed E-state index contributed by atoms with van der Waals surface area (Å²) in [7, 11) is 0. The van der Waals surface area contributed by atoms with E-state index in [9.17, 15) is 14.4 Å². The fraction of sp³-hybridized carbons (Fsp3) is 0.263. The molecule has 1 atom stereocenters. The number of para-hydroxylation sites is 1. The zero-order valence-corrected chi connectivity index (χ0v) is 16.2. The molecule has 0 aliphatic heterocycles. The van der Waals surface area contributed by atoms with Crippen LogP contribution in [0.15, 0.2) is 52.8 Å². The summed E-state index contributed by atoms with van der Waals surface area (Å²) < 4.78 is 8.74. The lowest BCUT2D eigenvalue weighted by atomic mass is 10.3. The van der Waals surface area contributed by atoms with Gasteiger partial charge in [-0.1, -0.05) is 29.8 Å². The van der Waals surface area contributed by atoms with Gasteiger partial charge in [-0.05, 0) is 26.0 Å². The van der Waals surface area contributed by atoms with Crippen LogP contribution in [0.3, 0.4) is 0 Å². The quantitative estimate of drug-likeness (QED) is 0.466. The largest absolute Gasteiger partial charge is 0.464 e. The van der Waals surface area contributed by atoms with Gasteiger partial charge in [-0.3, -0.25) is 9.36 Å². The van der Waals surface area contributed by atoms with E-state index >= 15 is 0 Å². The Hall–Kier alpha value is -3.13. The molecule has 1 unspecified atom stereocenters.